The Labute approximate surface area is 183 Å². The lowest BCUT2D eigenvalue weighted by Crippen LogP contribution is -2.10. The van der Waals surface area contributed by atoms with Gasteiger partial charge in [0.25, 0.3) is 0 Å². The molecule has 1 aliphatic rings. The van der Waals surface area contributed by atoms with E-state index in [0.717, 1.165) is 52.7 Å². The number of rotatable bonds is 5. The Hall–Kier alpha value is -3.54. The molecule has 0 saturated heterocycles. The summed E-state index contributed by atoms with van der Waals surface area (Å²) in [5, 5.41) is 0. The lowest BCUT2D eigenvalue weighted by Gasteiger charge is -2.13. The highest BCUT2D eigenvalue weighted by Crippen LogP contribution is 2.47. The number of ketones is 1. The zero-order chi connectivity index (χ0) is 22.6. The van der Waals surface area contributed by atoms with Gasteiger partial charge in [0.05, 0.1) is 11.1 Å². The number of aryl methyl sites for hydroxylation is 2. The van der Waals surface area contributed by atoms with Crippen LogP contribution in [0.1, 0.15) is 45.8 Å². The van der Waals surface area contributed by atoms with Crippen molar-refractivity contribution in [2.45, 2.75) is 32.1 Å². The molecule has 162 valence electrons. The fraction of sp³-hybridized carbons (Fsp3) is 0.231. The van der Waals surface area contributed by atoms with Gasteiger partial charge in [0.1, 0.15) is 11.6 Å². The minimum absolute atomic E-state index is 0.0912. The van der Waals surface area contributed by atoms with Crippen molar-refractivity contribution in [2.24, 2.45) is 7.05 Å². The van der Waals surface area contributed by atoms with Gasteiger partial charge in [-0.15, -0.1) is 0 Å². The third kappa shape index (κ3) is 3.36. The molecular formula is C26H21F2NO3. The summed E-state index contributed by atoms with van der Waals surface area (Å²) in [6.07, 6.45) is 2.00. The summed E-state index contributed by atoms with van der Waals surface area (Å²) in [5.41, 5.74) is 5.44. The van der Waals surface area contributed by atoms with Crippen LogP contribution in [0.4, 0.5) is 8.78 Å². The Morgan fingerprint density at radius 3 is 2.47 bits per heavy atom. The second kappa shape index (κ2) is 7.55. The number of carbonyl (C=O) groups is 1. The number of Topliss-reactive ketones (excluding diaryl/α,β-unsaturated/α-hetero) is 1. The summed E-state index contributed by atoms with van der Waals surface area (Å²) in [4.78, 5) is 24.6. The van der Waals surface area contributed by atoms with Gasteiger partial charge in [-0.25, -0.2) is 13.6 Å². The second-order valence-electron chi connectivity index (χ2n) is 8.41. The zero-order valence-electron chi connectivity index (χ0n) is 17.7. The molecule has 3 aromatic carbocycles. The van der Waals surface area contributed by atoms with Crippen molar-refractivity contribution in [1.82, 2.24) is 4.57 Å². The normalized spacial score (nSPS) is 13.6. The van der Waals surface area contributed by atoms with E-state index in [9.17, 15) is 18.4 Å². The van der Waals surface area contributed by atoms with Crippen LogP contribution in [-0.2, 0) is 13.5 Å². The number of hydrogen-bond donors (Lipinski definition) is 0. The summed E-state index contributed by atoms with van der Waals surface area (Å²) in [6, 6.07) is 13.0. The molecule has 1 saturated carbocycles. The van der Waals surface area contributed by atoms with Crippen molar-refractivity contribution in [1.29, 1.82) is 0 Å². The first kappa shape index (κ1) is 20.4. The van der Waals surface area contributed by atoms with E-state index in [1.807, 2.05) is 37.3 Å². The van der Waals surface area contributed by atoms with Crippen LogP contribution in [0.2, 0.25) is 0 Å². The topological polar surface area (TPSA) is 52.2 Å². The standard InChI is InChI=1S/C26H21F2NO3/c1-14-12-17(9-8-16(14)13-22(30)24-19(27)4-3-5-20(24)28)18-10-11-21-25(23(18)15-6-7-15)32-26(31)29(21)2/h3-5,8-12,15H,6-7,13H2,1-2H3. The van der Waals surface area contributed by atoms with Crippen molar-refractivity contribution in [3.63, 3.8) is 0 Å². The lowest BCUT2D eigenvalue weighted by atomic mass is 9.91. The van der Waals surface area contributed by atoms with Gasteiger partial charge in [-0.2, -0.15) is 0 Å². The molecule has 0 N–H and O–H groups in total. The number of oxazole rings is 1. The van der Waals surface area contributed by atoms with Gasteiger partial charge in [-0.1, -0.05) is 30.3 Å². The largest absolute Gasteiger partial charge is 0.419 e. The molecule has 0 amide bonds. The van der Waals surface area contributed by atoms with E-state index in [0.29, 0.717) is 17.1 Å². The predicted octanol–water partition coefficient (Wildman–Crippen LogP) is 5.69. The van der Waals surface area contributed by atoms with Crippen molar-refractivity contribution in [3.8, 4) is 11.1 Å². The molecule has 1 aromatic heterocycles. The van der Waals surface area contributed by atoms with Gasteiger partial charge in [0.15, 0.2) is 11.4 Å². The molecule has 6 heteroatoms. The third-order valence-corrected chi connectivity index (χ3v) is 6.23. The van der Waals surface area contributed by atoms with Crippen LogP contribution in [-0.4, -0.2) is 10.4 Å². The highest BCUT2D eigenvalue weighted by molar-refractivity contribution is 5.98. The first-order valence-corrected chi connectivity index (χ1v) is 10.5. The Morgan fingerprint density at radius 1 is 1.09 bits per heavy atom. The van der Waals surface area contributed by atoms with Crippen LogP contribution in [0.25, 0.3) is 22.2 Å². The van der Waals surface area contributed by atoms with Crippen LogP contribution in [0.15, 0.2) is 57.7 Å². The average molecular weight is 433 g/mol. The molecule has 32 heavy (non-hydrogen) atoms. The van der Waals surface area contributed by atoms with Gasteiger partial charge in [-0.3, -0.25) is 9.36 Å². The summed E-state index contributed by atoms with van der Waals surface area (Å²) in [6.45, 7) is 1.88. The Kier molecular flexibility index (Phi) is 4.81. The quantitative estimate of drug-likeness (QED) is 0.380. The highest BCUT2D eigenvalue weighted by Gasteiger charge is 2.31. The van der Waals surface area contributed by atoms with Gasteiger partial charge >= 0.3 is 5.76 Å². The Balaban J connectivity index is 1.53. The maximum atomic E-state index is 14.0. The number of carbonyl (C=O) groups excluding carboxylic acids is 1. The number of nitrogens with zero attached hydrogens (tertiary/aromatic N) is 1. The minimum atomic E-state index is -0.851. The Morgan fingerprint density at radius 2 is 1.81 bits per heavy atom. The molecule has 1 fully saturated rings. The van der Waals surface area contributed by atoms with Crippen LogP contribution < -0.4 is 5.76 Å². The van der Waals surface area contributed by atoms with E-state index in [2.05, 4.69) is 0 Å². The molecule has 0 radical (unpaired) electrons. The molecule has 0 atom stereocenters. The summed E-state index contributed by atoms with van der Waals surface area (Å²) >= 11 is 0. The van der Waals surface area contributed by atoms with Crippen molar-refractivity contribution >= 4 is 16.9 Å². The van der Waals surface area contributed by atoms with Gasteiger partial charge in [0, 0.05) is 19.0 Å². The molecule has 4 aromatic rings. The molecule has 5 rings (SSSR count). The first-order valence-electron chi connectivity index (χ1n) is 10.5. The van der Waals surface area contributed by atoms with E-state index >= 15 is 0 Å². The van der Waals surface area contributed by atoms with Crippen molar-refractivity contribution in [3.05, 3.63) is 93.0 Å². The van der Waals surface area contributed by atoms with Gasteiger partial charge in [0.2, 0.25) is 0 Å². The maximum Gasteiger partial charge on any atom is 0.419 e. The van der Waals surface area contributed by atoms with E-state index in [4.69, 9.17) is 4.42 Å². The van der Waals surface area contributed by atoms with Crippen LogP contribution in [0, 0.1) is 18.6 Å². The number of fused-ring (bicyclic) bond motifs is 1. The van der Waals surface area contributed by atoms with Gasteiger partial charge in [-0.05, 0) is 66.1 Å². The van der Waals surface area contributed by atoms with Crippen LogP contribution >= 0.6 is 0 Å². The number of halogens is 2. The number of aromatic nitrogens is 1. The second-order valence-corrected chi connectivity index (χ2v) is 8.41. The van der Waals surface area contributed by atoms with Crippen molar-refractivity contribution < 1.29 is 18.0 Å². The molecule has 4 nitrogen and oxygen atoms in total. The zero-order valence-corrected chi connectivity index (χ0v) is 17.7. The third-order valence-electron chi connectivity index (χ3n) is 6.23. The smallest absolute Gasteiger partial charge is 0.407 e. The lowest BCUT2D eigenvalue weighted by molar-refractivity contribution is 0.0984. The predicted molar refractivity (Wildman–Crippen MR) is 118 cm³/mol. The highest BCUT2D eigenvalue weighted by atomic mass is 19.1. The average Bonchev–Trinajstić information content (AvgIpc) is 3.55. The van der Waals surface area contributed by atoms with Crippen LogP contribution in [0.3, 0.4) is 0 Å². The van der Waals surface area contributed by atoms with E-state index in [-0.39, 0.29) is 12.2 Å². The van der Waals surface area contributed by atoms with Crippen molar-refractivity contribution in [2.75, 3.05) is 0 Å². The molecule has 0 unspecified atom stereocenters. The molecule has 0 spiro atoms. The molecule has 1 aliphatic carbocycles. The summed E-state index contributed by atoms with van der Waals surface area (Å²) in [5.74, 6) is -2.33. The number of benzene rings is 3. The Bertz CT molecular complexity index is 1420. The molecular weight excluding hydrogens is 412 g/mol. The van der Waals surface area contributed by atoms with E-state index < -0.39 is 23.0 Å². The SMILES string of the molecule is Cc1cc(-c2ccc3c(oc(=O)n3C)c2C2CC2)ccc1CC(=O)c1c(F)cccc1F. The summed E-state index contributed by atoms with van der Waals surface area (Å²) in [7, 11) is 1.69. The van der Waals surface area contributed by atoms with Gasteiger partial charge < -0.3 is 4.42 Å². The summed E-state index contributed by atoms with van der Waals surface area (Å²) < 4.78 is 35.0. The molecule has 0 bridgehead atoms. The fourth-order valence-electron chi connectivity index (χ4n) is 4.33. The van der Waals surface area contributed by atoms with Crippen LogP contribution in [0.5, 0.6) is 0 Å². The first-order chi connectivity index (χ1) is 15.3. The monoisotopic (exact) mass is 433 g/mol. The maximum absolute atomic E-state index is 14.0. The van der Waals surface area contributed by atoms with E-state index in [1.165, 1.54) is 10.6 Å². The number of hydrogen-bond acceptors (Lipinski definition) is 3. The molecule has 1 heterocycles. The molecule has 0 aliphatic heterocycles. The van der Waals surface area contributed by atoms with E-state index in [1.54, 1.807) is 7.05 Å². The minimum Gasteiger partial charge on any atom is -0.407 e. The fourth-order valence-corrected chi connectivity index (χ4v) is 4.33.